The van der Waals surface area contributed by atoms with Gasteiger partial charge in [0.15, 0.2) is 0 Å². The van der Waals surface area contributed by atoms with Gasteiger partial charge >= 0.3 is 9.28 Å². The van der Waals surface area contributed by atoms with Crippen molar-refractivity contribution in [1.82, 2.24) is 0 Å². The fourth-order valence-corrected chi connectivity index (χ4v) is 0.894. The van der Waals surface area contributed by atoms with Crippen molar-refractivity contribution in [3.8, 4) is 0 Å². The fourth-order valence-electron chi connectivity index (χ4n) is 0.298. The summed E-state index contributed by atoms with van der Waals surface area (Å²) in [5.41, 5.74) is 2.47. The highest BCUT2D eigenvalue weighted by Crippen LogP contribution is 1.86. The third-order valence-corrected chi connectivity index (χ3v) is 1.45. The Morgan fingerprint density at radius 3 is 1.86 bits per heavy atom. The molecule has 2 N–H and O–H groups in total. The molecule has 7 heavy (non-hydrogen) atoms. The Morgan fingerprint density at radius 1 is 1.43 bits per heavy atom. The van der Waals surface area contributed by atoms with E-state index in [0.717, 1.165) is 5.57 Å². The second-order valence-electron chi connectivity index (χ2n) is 1.66. The molecule has 0 amide bonds. The molecule has 0 aromatic heterocycles. The molecule has 0 atom stereocenters. The fraction of sp³-hybridized carbons (Fsp3) is 0.500. The summed E-state index contributed by atoms with van der Waals surface area (Å²) < 4.78 is 0. The van der Waals surface area contributed by atoms with Crippen LogP contribution in [0, 0.1) is 0 Å². The van der Waals surface area contributed by atoms with Gasteiger partial charge in [0.25, 0.3) is 0 Å². The second kappa shape index (κ2) is 2.96. The van der Waals surface area contributed by atoms with Gasteiger partial charge in [-0.1, -0.05) is 5.57 Å². The Morgan fingerprint density at radius 2 is 1.86 bits per heavy atom. The normalized spacial score (nSPS) is 9.29. The maximum atomic E-state index is 8.34. The van der Waals surface area contributed by atoms with E-state index in [4.69, 9.17) is 9.59 Å². The molecule has 0 aromatic carbocycles. The molecule has 0 bridgehead atoms. The molecule has 0 rings (SSSR count). The minimum absolute atomic E-state index is 0.974. The molecule has 0 unspecified atom stereocenters. The first-order valence-electron chi connectivity index (χ1n) is 2.14. The third-order valence-electron chi connectivity index (χ3n) is 0.482. The smallest absolute Gasteiger partial charge is 0.342 e. The highest BCUT2D eigenvalue weighted by molar-refractivity contribution is 6.47. The van der Waals surface area contributed by atoms with Crippen LogP contribution in [0.5, 0.6) is 0 Å². The van der Waals surface area contributed by atoms with Gasteiger partial charge in [-0.25, -0.2) is 0 Å². The minimum atomic E-state index is -2.39. The Bertz CT molecular complexity index is 73.8. The third kappa shape index (κ3) is 5.88. The Balaban J connectivity index is 3.45. The van der Waals surface area contributed by atoms with Gasteiger partial charge in [-0.15, -0.1) is 0 Å². The van der Waals surface area contributed by atoms with Gasteiger partial charge in [-0.3, -0.25) is 0 Å². The molecule has 2 nitrogen and oxygen atoms in total. The van der Waals surface area contributed by atoms with Crippen molar-refractivity contribution in [2.24, 2.45) is 0 Å². The SMILES string of the molecule is CC(C)=C[SiH](O)O. The average Bonchev–Trinajstić information content (AvgIpc) is 1.27. The van der Waals surface area contributed by atoms with E-state index in [1.165, 1.54) is 5.70 Å². The van der Waals surface area contributed by atoms with E-state index in [0.29, 0.717) is 0 Å². The molecule has 0 radical (unpaired) electrons. The topological polar surface area (TPSA) is 40.5 Å². The van der Waals surface area contributed by atoms with Crippen LogP contribution in [0.1, 0.15) is 13.8 Å². The first-order chi connectivity index (χ1) is 3.13. The van der Waals surface area contributed by atoms with Crippen LogP contribution in [0.2, 0.25) is 0 Å². The van der Waals surface area contributed by atoms with Gasteiger partial charge < -0.3 is 9.59 Å². The van der Waals surface area contributed by atoms with Crippen molar-refractivity contribution in [1.29, 1.82) is 0 Å². The molecule has 0 aromatic rings. The lowest BCUT2D eigenvalue weighted by Gasteiger charge is -1.88. The molecule has 0 saturated heterocycles. The van der Waals surface area contributed by atoms with E-state index in [1.807, 2.05) is 13.8 Å². The summed E-state index contributed by atoms with van der Waals surface area (Å²) in [7, 11) is -2.39. The Labute approximate surface area is 45.0 Å². The number of hydrogen-bond donors (Lipinski definition) is 2. The van der Waals surface area contributed by atoms with E-state index in [-0.39, 0.29) is 0 Å². The maximum Gasteiger partial charge on any atom is 0.342 e. The summed E-state index contributed by atoms with van der Waals surface area (Å²) in [4.78, 5) is 16.7. The summed E-state index contributed by atoms with van der Waals surface area (Å²) >= 11 is 0. The molecular weight excluding hydrogens is 108 g/mol. The van der Waals surface area contributed by atoms with Crippen LogP contribution in [-0.4, -0.2) is 18.9 Å². The molecule has 0 heterocycles. The van der Waals surface area contributed by atoms with E-state index < -0.39 is 9.28 Å². The molecule has 0 aliphatic carbocycles. The van der Waals surface area contributed by atoms with Crippen molar-refractivity contribution in [3.63, 3.8) is 0 Å². The van der Waals surface area contributed by atoms with Gasteiger partial charge in [0, 0.05) is 0 Å². The van der Waals surface area contributed by atoms with Crippen LogP contribution in [-0.2, 0) is 0 Å². The summed E-state index contributed by atoms with van der Waals surface area (Å²) in [6.45, 7) is 3.68. The minimum Gasteiger partial charge on any atom is -0.410 e. The Kier molecular flexibility index (Phi) is 2.90. The molecule has 0 fully saturated rings. The predicted octanol–water partition coefficient (Wildman–Crippen LogP) is -0.303. The van der Waals surface area contributed by atoms with E-state index in [1.54, 1.807) is 0 Å². The van der Waals surface area contributed by atoms with Crippen LogP contribution < -0.4 is 0 Å². The van der Waals surface area contributed by atoms with Crippen molar-refractivity contribution in [2.45, 2.75) is 13.8 Å². The Hall–Kier alpha value is -0.123. The summed E-state index contributed by atoms with van der Waals surface area (Å²) in [6, 6.07) is 0. The highest BCUT2D eigenvalue weighted by atomic mass is 28.3. The molecule has 0 spiro atoms. The van der Waals surface area contributed by atoms with Gasteiger partial charge in [0.1, 0.15) is 0 Å². The van der Waals surface area contributed by atoms with Crippen molar-refractivity contribution in [3.05, 3.63) is 11.3 Å². The zero-order valence-electron chi connectivity index (χ0n) is 4.55. The van der Waals surface area contributed by atoms with Crippen LogP contribution >= 0.6 is 0 Å². The summed E-state index contributed by atoms with van der Waals surface area (Å²) in [6.07, 6.45) is 0. The lowest BCUT2D eigenvalue weighted by Crippen LogP contribution is -2.06. The monoisotopic (exact) mass is 118 g/mol. The summed E-state index contributed by atoms with van der Waals surface area (Å²) in [5.74, 6) is 0. The van der Waals surface area contributed by atoms with Gasteiger partial charge in [0.2, 0.25) is 0 Å². The number of rotatable bonds is 1. The highest BCUT2D eigenvalue weighted by Gasteiger charge is 1.91. The average molecular weight is 118 g/mol. The van der Waals surface area contributed by atoms with Crippen LogP contribution in [0.4, 0.5) is 0 Å². The number of hydrogen-bond acceptors (Lipinski definition) is 2. The van der Waals surface area contributed by atoms with E-state index in [2.05, 4.69) is 0 Å². The van der Waals surface area contributed by atoms with Crippen LogP contribution in [0.3, 0.4) is 0 Å². The largest absolute Gasteiger partial charge is 0.410 e. The summed E-state index contributed by atoms with van der Waals surface area (Å²) in [5, 5.41) is 0. The van der Waals surface area contributed by atoms with Crippen molar-refractivity contribution < 1.29 is 9.59 Å². The molecule has 0 aliphatic rings. The first kappa shape index (κ1) is 6.88. The van der Waals surface area contributed by atoms with Gasteiger partial charge in [0.05, 0.1) is 0 Å². The molecule has 0 aliphatic heterocycles. The molecule has 42 valence electrons. The van der Waals surface area contributed by atoms with E-state index in [9.17, 15) is 0 Å². The quantitative estimate of drug-likeness (QED) is 0.464. The van der Waals surface area contributed by atoms with Crippen molar-refractivity contribution in [2.75, 3.05) is 0 Å². The molecular formula is C4H10O2Si. The van der Waals surface area contributed by atoms with Crippen molar-refractivity contribution >= 4 is 9.28 Å². The molecule has 3 heteroatoms. The standard InChI is InChI=1S/C4H10O2Si/c1-4(2)3-7(5)6/h3,5-7H,1-2H3. The second-order valence-corrected chi connectivity index (χ2v) is 2.82. The van der Waals surface area contributed by atoms with Gasteiger partial charge in [-0.05, 0) is 19.5 Å². The lowest BCUT2D eigenvalue weighted by molar-refractivity contribution is 0.423. The predicted molar refractivity (Wildman–Crippen MR) is 31.0 cm³/mol. The number of allylic oxidation sites excluding steroid dienone is 1. The van der Waals surface area contributed by atoms with E-state index >= 15 is 0 Å². The van der Waals surface area contributed by atoms with Gasteiger partial charge in [-0.2, -0.15) is 0 Å². The zero-order valence-corrected chi connectivity index (χ0v) is 5.70. The lowest BCUT2D eigenvalue weighted by atomic mass is 10.4. The first-order valence-corrected chi connectivity index (χ1v) is 3.84. The zero-order chi connectivity index (χ0) is 5.86. The van der Waals surface area contributed by atoms with Crippen LogP contribution in [0.15, 0.2) is 11.3 Å². The molecule has 0 saturated carbocycles. The van der Waals surface area contributed by atoms with Crippen LogP contribution in [0.25, 0.3) is 0 Å². The maximum absolute atomic E-state index is 8.34.